The summed E-state index contributed by atoms with van der Waals surface area (Å²) in [4.78, 5) is 14.6. The normalized spacial score (nSPS) is 15.5. The highest BCUT2D eigenvalue weighted by Crippen LogP contribution is 2.33. The molecule has 0 aliphatic carbocycles. The van der Waals surface area contributed by atoms with Crippen LogP contribution in [0.5, 0.6) is 0 Å². The van der Waals surface area contributed by atoms with Crippen molar-refractivity contribution in [2.75, 3.05) is 6.54 Å². The minimum atomic E-state index is -0.550. The van der Waals surface area contributed by atoms with Gasteiger partial charge in [-0.2, -0.15) is 4.98 Å². The smallest absolute Gasteiger partial charge is 0.256 e. The molecule has 0 radical (unpaired) electrons. The van der Waals surface area contributed by atoms with Crippen molar-refractivity contribution in [3.05, 3.63) is 47.5 Å². The quantitative estimate of drug-likeness (QED) is 0.930. The maximum absolute atomic E-state index is 6.29. The molecule has 0 fully saturated rings. The highest BCUT2D eigenvalue weighted by atomic mass is 35.5. The summed E-state index contributed by atoms with van der Waals surface area (Å²) < 4.78 is 5.09. The van der Waals surface area contributed by atoms with Crippen LogP contribution in [-0.2, 0) is 5.54 Å². The Morgan fingerprint density at radius 1 is 1.36 bits per heavy atom. The summed E-state index contributed by atoms with van der Waals surface area (Å²) in [6, 6.07) is 3.59. The Morgan fingerprint density at radius 3 is 2.86 bits per heavy atom. The van der Waals surface area contributed by atoms with Crippen LogP contribution in [0.15, 0.2) is 40.4 Å². The van der Waals surface area contributed by atoms with Crippen molar-refractivity contribution >= 4 is 23.1 Å². The largest absolute Gasteiger partial charge is 0.369 e. The van der Waals surface area contributed by atoms with Crippen molar-refractivity contribution in [3.63, 3.8) is 0 Å². The second-order valence-corrected chi connectivity index (χ2v) is 5.77. The maximum atomic E-state index is 6.29. The van der Waals surface area contributed by atoms with Crippen molar-refractivity contribution in [1.82, 2.24) is 20.0 Å². The van der Waals surface area contributed by atoms with Gasteiger partial charge >= 0.3 is 0 Å². The Labute approximate surface area is 132 Å². The standard InChI is InChI=1S/C14H15ClN6O/c1-14(2,11-10(15)4-3-5-17-11)21-7-9(6-18-13(21)16)12-19-8-20-22-12/h3-6,8H,7H2,1-2H3,(H2,16,18). The molecule has 2 N–H and O–H groups in total. The molecule has 8 heteroatoms. The third kappa shape index (κ3) is 2.43. The van der Waals surface area contributed by atoms with Crippen molar-refractivity contribution in [2.24, 2.45) is 10.7 Å². The summed E-state index contributed by atoms with van der Waals surface area (Å²) in [6.07, 6.45) is 4.69. The Morgan fingerprint density at radius 2 is 2.18 bits per heavy atom. The number of nitrogens with zero attached hydrogens (tertiary/aromatic N) is 5. The lowest BCUT2D eigenvalue weighted by molar-refractivity contribution is 0.227. The zero-order valence-electron chi connectivity index (χ0n) is 12.2. The van der Waals surface area contributed by atoms with Gasteiger partial charge in [0.1, 0.15) is 0 Å². The SMILES string of the molecule is CC(C)(c1ncccc1Cl)N1CC(c2ncno2)=CN=C1N. The average molecular weight is 319 g/mol. The van der Waals surface area contributed by atoms with Crippen molar-refractivity contribution < 1.29 is 4.52 Å². The highest BCUT2D eigenvalue weighted by Gasteiger charge is 2.36. The van der Waals surface area contributed by atoms with Gasteiger partial charge in [0, 0.05) is 12.4 Å². The second kappa shape index (κ2) is 5.42. The zero-order valence-corrected chi connectivity index (χ0v) is 12.9. The number of aliphatic imine (C=N–C) groups is 1. The number of rotatable bonds is 3. The molecule has 0 saturated heterocycles. The predicted octanol–water partition coefficient (Wildman–Crippen LogP) is 2.02. The van der Waals surface area contributed by atoms with Crippen LogP contribution < -0.4 is 5.73 Å². The molecule has 0 atom stereocenters. The van der Waals surface area contributed by atoms with Gasteiger partial charge in [-0.15, -0.1) is 0 Å². The van der Waals surface area contributed by atoms with Gasteiger partial charge in [0.15, 0.2) is 12.3 Å². The van der Waals surface area contributed by atoms with E-state index in [2.05, 4.69) is 20.1 Å². The van der Waals surface area contributed by atoms with Crippen LogP contribution in [0.3, 0.4) is 0 Å². The predicted molar refractivity (Wildman–Crippen MR) is 82.9 cm³/mol. The van der Waals surface area contributed by atoms with Gasteiger partial charge in [0.05, 0.1) is 28.4 Å². The van der Waals surface area contributed by atoms with Gasteiger partial charge in [-0.25, -0.2) is 4.99 Å². The molecular weight excluding hydrogens is 304 g/mol. The molecule has 0 unspecified atom stereocenters. The molecule has 3 heterocycles. The Kier molecular flexibility index (Phi) is 3.58. The molecule has 2 aromatic heterocycles. The molecule has 0 saturated carbocycles. The zero-order chi connectivity index (χ0) is 15.7. The monoisotopic (exact) mass is 318 g/mol. The fourth-order valence-electron chi connectivity index (χ4n) is 2.39. The number of halogens is 1. The lowest BCUT2D eigenvalue weighted by Crippen LogP contribution is -2.51. The lowest BCUT2D eigenvalue weighted by atomic mass is 9.96. The molecular formula is C14H15ClN6O. The van der Waals surface area contributed by atoms with E-state index in [0.29, 0.717) is 23.4 Å². The van der Waals surface area contributed by atoms with Crippen LogP contribution in [-0.4, -0.2) is 32.5 Å². The van der Waals surface area contributed by atoms with Crippen molar-refractivity contribution in [3.8, 4) is 0 Å². The first-order valence-electron chi connectivity index (χ1n) is 6.68. The van der Waals surface area contributed by atoms with E-state index in [1.807, 2.05) is 18.7 Å². The Balaban J connectivity index is 1.96. The number of pyridine rings is 1. The van der Waals surface area contributed by atoms with E-state index >= 15 is 0 Å². The first kappa shape index (κ1) is 14.5. The molecule has 3 rings (SSSR count). The maximum Gasteiger partial charge on any atom is 0.256 e. The van der Waals surface area contributed by atoms with E-state index in [1.54, 1.807) is 24.5 Å². The molecule has 1 aliphatic heterocycles. The first-order chi connectivity index (χ1) is 10.5. The highest BCUT2D eigenvalue weighted by molar-refractivity contribution is 6.31. The Hall–Kier alpha value is -2.41. The molecule has 1 aliphatic rings. The summed E-state index contributed by atoms with van der Waals surface area (Å²) in [5, 5.41) is 4.20. The van der Waals surface area contributed by atoms with Crippen molar-refractivity contribution in [1.29, 1.82) is 0 Å². The molecule has 0 bridgehead atoms. The molecule has 0 aromatic carbocycles. The van der Waals surface area contributed by atoms with Gasteiger partial charge in [-0.05, 0) is 26.0 Å². The summed E-state index contributed by atoms with van der Waals surface area (Å²) in [7, 11) is 0. The van der Waals surface area contributed by atoms with E-state index in [9.17, 15) is 0 Å². The third-order valence-corrected chi connectivity index (χ3v) is 3.91. The number of nitrogens with two attached hydrogens (primary N) is 1. The van der Waals surface area contributed by atoms with E-state index in [0.717, 1.165) is 11.3 Å². The van der Waals surface area contributed by atoms with Crippen LogP contribution in [0.1, 0.15) is 25.4 Å². The van der Waals surface area contributed by atoms with Crippen LogP contribution in [0.25, 0.3) is 5.57 Å². The second-order valence-electron chi connectivity index (χ2n) is 5.37. The summed E-state index contributed by atoms with van der Waals surface area (Å²) >= 11 is 6.29. The van der Waals surface area contributed by atoms with Crippen LogP contribution in [0.2, 0.25) is 5.02 Å². The number of guanidine groups is 1. The summed E-state index contributed by atoms with van der Waals surface area (Å²) in [5.41, 5.74) is 7.02. The topological polar surface area (TPSA) is 93.4 Å². The fraction of sp³-hybridized carbons (Fsp3) is 0.286. The fourth-order valence-corrected chi connectivity index (χ4v) is 2.74. The van der Waals surface area contributed by atoms with Gasteiger partial charge in [0.25, 0.3) is 5.89 Å². The van der Waals surface area contributed by atoms with E-state index in [4.69, 9.17) is 21.9 Å². The molecule has 114 valence electrons. The molecule has 2 aromatic rings. The number of aromatic nitrogens is 3. The van der Waals surface area contributed by atoms with Gasteiger partial charge in [-0.1, -0.05) is 16.8 Å². The van der Waals surface area contributed by atoms with Crippen LogP contribution >= 0.6 is 11.6 Å². The van der Waals surface area contributed by atoms with Crippen LogP contribution in [0.4, 0.5) is 0 Å². The first-order valence-corrected chi connectivity index (χ1v) is 7.06. The van der Waals surface area contributed by atoms with Gasteiger partial charge in [0.2, 0.25) is 0 Å². The minimum Gasteiger partial charge on any atom is -0.369 e. The minimum absolute atomic E-state index is 0.384. The van der Waals surface area contributed by atoms with Gasteiger partial charge < -0.3 is 15.2 Å². The number of hydrogen-bond donors (Lipinski definition) is 1. The molecule has 0 spiro atoms. The lowest BCUT2D eigenvalue weighted by Gasteiger charge is -2.40. The van der Waals surface area contributed by atoms with E-state index in [-0.39, 0.29) is 0 Å². The summed E-state index contributed by atoms with van der Waals surface area (Å²) in [5.74, 6) is 0.805. The average Bonchev–Trinajstić information content (AvgIpc) is 3.02. The third-order valence-electron chi connectivity index (χ3n) is 3.61. The number of hydrogen-bond acceptors (Lipinski definition) is 7. The Bertz CT molecular complexity index is 738. The van der Waals surface area contributed by atoms with Gasteiger partial charge in [-0.3, -0.25) is 4.98 Å². The molecule has 22 heavy (non-hydrogen) atoms. The molecule has 0 amide bonds. The van der Waals surface area contributed by atoms with Crippen molar-refractivity contribution in [2.45, 2.75) is 19.4 Å². The van der Waals surface area contributed by atoms with E-state index < -0.39 is 5.54 Å². The summed E-state index contributed by atoms with van der Waals surface area (Å²) in [6.45, 7) is 4.44. The molecule has 7 nitrogen and oxygen atoms in total. The van der Waals surface area contributed by atoms with E-state index in [1.165, 1.54) is 6.33 Å². The van der Waals surface area contributed by atoms with Crippen LogP contribution in [0, 0.1) is 0 Å².